The van der Waals surface area contributed by atoms with Gasteiger partial charge in [0.1, 0.15) is 11.6 Å². The summed E-state index contributed by atoms with van der Waals surface area (Å²) in [6.07, 6.45) is 2.55. The second-order valence-electron chi connectivity index (χ2n) is 9.57. The summed E-state index contributed by atoms with van der Waals surface area (Å²) in [4.78, 5) is 15.6. The lowest BCUT2D eigenvalue weighted by Gasteiger charge is -2.26. The van der Waals surface area contributed by atoms with E-state index in [1.807, 2.05) is 73.3 Å². The number of carbonyl (C=O) groups excluding carboxylic acids is 1. The number of para-hydroxylation sites is 1. The third-order valence-corrected chi connectivity index (χ3v) is 6.77. The van der Waals surface area contributed by atoms with E-state index in [2.05, 4.69) is 0 Å². The van der Waals surface area contributed by atoms with Crippen molar-refractivity contribution in [1.29, 1.82) is 0 Å². The van der Waals surface area contributed by atoms with Crippen LogP contribution in [0.4, 0.5) is 4.39 Å². The van der Waals surface area contributed by atoms with Crippen molar-refractivity contribution in [3.63, 3.8) is 0 Å². The molecule has 0 spiro atoms. The largest absolute Gasteiger partial charge is 0.439 e. The van der Waals surface area contributed by atoms with Crippen LogP contribution in [0.15, 0.2) is 78.9 Å². The summed E-state index contributed by atoms with van der Waals surface area (Å²) in [5, 5.41) is 4.89. The fraction of sp³-hybridized carbons (Fsp3) is 0.290. The smallest absolute Gasteiger partial charge is 0.254 e. The van der Waals surface area contributed by atoms with Gasteiger partial charge in [-0.1, -0.05) is 42.8 Å². The van der Waals surface area contributed by atoms with E-state index in [-0.39, 0.29) is 17.8 Å². The van der Waals surface area contributed by atoms with Crippen LogP contribution >= 0.6 is 0 Å². The highest BCUT2D eigenvalue weighted by Gasteiger charge is 2.28. The number of rotatable bonds is 9. The Morgan fingerprint density at radius 1 is 1.08 bits per heavy atom. The normalized spacial score (nSPS) is 15.0. The third kappa shape index (κ3) is 5.78. The Balaban J connectivity index is 1.56. The summed E-state index contributed by atoms with van der Waals surface area (Å²) in [7, 11) is 0. The fourth-order valence-electron chi connectivity index (χ4n) is 4.71. The van der Waals surface area contributed by atoms with E-state index in [9.17, 15) is 9.18 Å². The van der Waals surface area contributed by atoms with E-state index in [4.69, 9.17) is 14.6 Å². The van der Waals surface area contributed by atoms with Gasteiger partial charge in [0.15, 0.2) is 0 Å². The molecule has 0 aliphatic carbocycles. The number of aryl methyl sites for hydroxylation is 2. The molecule has 1 aromatic heterocycles. The van der Waals surface area contributed by atoms with E-state index < -0.39 is 0 Å². The summed E-state index contributed by atoms with van der Waals surface area (Å²) >= 11 is 0. The molecule has 6 nitrogen and oxygen atoms in total. The van der Waals surface area contributed by atoms with Crippen LogP contribution in [0.3, 0.4) is 0 Å². The highest BCUT2D eigenvalue weighted by atomic mass is 19.1. The van der Waals surface area contributed by atoms with Crippen molar-refractivity contribution in [3.05, 3.63) is 107 Å². The van der Waals surface area contributed by atoms with Crippen LogP contribution in [0.1, 0.15) is 46.9 Å². The quantitative estimate of drug-likeness (QED) is 0.257. The van der Waals surface area contributed by atoms with Crippen molar-refractivity contribution in [3.8, 4) is 17.3 Å². The number of benzene rings is 3. The Labute approximate surface area is 222 Å². The molecule has 1 atom stereocenters. The van der Waals surface area contributed by atoms with E-state index in [1.165, 1.54) is 12.1 Å². The van der Waals surface area contributed by atoms with Crippen LogP contribution in [0, 0.1) is 12.7 Å². The minimum absolute atomic E-state index is 0.0138. The number of nitrogens with zero attached hydrogens (tertiary/aromatic N) is 3. The predicted molar refractivity (Wildman–Crippen MR) is 144 cm³/mol. The van der Waals surface area contributed by atoms with Gasteiger partial charge in [-0.2, -0.15) is 5.10 Å². The number of ether oxygens (including phenoxy) is 2. The average Bonchev–Trinajstić information content (AvgIpc) is 3.58. The standard InChI is InChI=1S/C31H32FN3O3/c1-3-29-28(21-34(20-27-10-7-19-37-27)30(36)23-13-11-22(2)12-14-23)31(38-26-17-15-24(32)16-18-26)35(33-29)25-8-5-4-6-9-25/h4-6,8-9,11-18,27H,3,7,10,19-21H2,1-2H3. The molecule has 0 bridgehead atoms. The molecule has 1 saturated heterocycles. The monoisotopic (exact) mass is 513 g/mol. The van der Waals surface area contributed by atoms with E-state index in [1.54, 1.807) is 16.8 Å². The Bertz CT molecular complexity index is 1360. The molecular formula is C31H32FN3O3. The van der Waals surface area contributed by atoms with Crippen LogP contribution in [-0.2, 0) is 17.7 Å². The molecule has 1 unspecified atom stereocenters. The lowest BCUT2D eigenvalue weighted by Crippen LogP contribution is -2.37. The lowest BCUT2D eigenvalue weighted by molar-refractivity contribution is 0.0505. The second kappa shape index (κ2) is 11.6. The van der Waals surface area contributed by atoms with Crippen molar-refractivity contribution < 1.29 is 18.7 Å². The van der Waals surface area contributed by atoms with Gasteiger partial charge in [-0.15, -0.1) is 0 Å². The van der Waals surface area contributed by atoms with Crippen molar-refractivity contribution in [1.82, 2.24) is 14.7 Å². The minimum atomic E-state index is -0.338. The van der Waals surface area contributed by atoms with Gasteiger partial charge in [-0.25, -0.2) is 9.07 Å². The SMILES string of the molecule is CCc1nn(-c2ccccc2)c(Oc2ccc(F)cc2)c1CN(CC1CCCO1)C(=O)c1ccc(C)cc1. The average molecular weight is 514 g/mol. The van der Waals surface area contributed by atoms with Gasteiger partial charge < -0.3 is 14.4 Å². The molecule has 7 heteroatoms. The summed E-state index contributed by atoms with van der Waals surface area (Å²) in [5.74, 6) is 0.592. The molecule has 4 aromatic rings. The molecule has 38 heavy (non-hydrogen) atoms. The highest BCUT2D eigenvalue weighted by Crippen LogP contribution is 2.33. The molecule has 1 aliphatic rings. The zero-order valence-corrected chi connectivity index (χ0v) is 21.8. The summed E-state index contributed by atoms with van der Waals surface area (Å²) in [6.45, 7) is 5.53. The van der Waals surface area contributed by atoms with Gasteiger partial charge in [0.25, 0.3) is 5.91 Å². The lowest BCUT2D eigenvalue weighted by atomic mass is 10.1. The highest BCUT2D eigenvalue weighted by molar-refractivity contribution is 5.94. The minimum Gasteiger partial charge on any atom is -0.439 e. The molecule has 0 N–H and O–H groups in total. The summed E-state index contributed by atoms with van der Waals surface area (Å²) in [5.41, 5.74) is 4.21. The van der Waals surface area contributed by atoms with E-state index in [0.717, 1.165) is 35.3 Å². The number of hydrogen-bond donors (Lipinski definition) is 0. The Morgan fingerprint density at radius 3 is 2.47 bits per heavy atom. The Kier molecular flexibility index (Phi) is 7.84. The Morgan fingerprint density at radius 2 is 1.82 bits per heavy atom. The molecule has 5 rings (SSSR count). The number of aromatic nitrogens is 2. The van der Waals surface area contributed by atoms with Crippen LogP contribution in [0.5, 0.6) is 11.6 Å². The Hall–Kier alpha value is -3.97. The van der Waals surface area contributed by atoms with Crippen LogP contribution < -0.4 is 4.74 Å². The number of amides is 1. The topological polar surface area (TPSA) is 56.6 Å². The van der Waals surface area contributed by atoms with Crippen molar-refractivity contribution >= 4 is 5.91 Å². The van der Waals surface area contributed by atoms with E-state index in [0.29, 0.717) is 43.3 Å². The van der Waals surface area contributed by atoms with Gasteiger partial charge in [-0.3, -0.25) is 4.79 Å². The molecule has 1 fully saturated rings. The predicted octanol–water partition coefficient (Wildman–Crippen LogP) is 6.50. The van der Waals surface area contributed by atoms with Crippen molar-refractivity contribution in [2.24, 2.45) is 0 Å². The van der Waals surface area contributed by atoms with Crippen molar-refractivity contribution in [2.75, 3.05) is 13.2 Å². The van der Waals surface area contributed by atoms with Gasteiger partial charge in [-0.05, 0) is 74.7 Å². The van der Waals surface area contributed by atoms with Crippen LogP contribution in [0.2, 0.25) is 0 Å². The number of carbonyl (C=O) groups is 1. The first kappa shape index (κ1) is 25.7. The molecule has 3 aromatic carbocycles. The molecule has 1 aliphatic heterocycles. The van der Waals surface area contributed by atoms with Gasteiger partial charge in [0.05, 0.1) is 29.6 Å². The first-order valence-electron chi connectivity index (χ1n) is 13.1. The zero-order valence-electron chi connectivity index (χ0n) is 21.8. The number of hydrogen-bond acceptors (Lipinski definition) is 4. The number of halogens is 1. The maximum absolute atomic E-state index is 13.8. The molecular weight excluding hydrogens is 481 g/mol. The molecule has 1 amide bonds. The molecule has 2 heterocycles. The van der Waals surface area contributed by atoms with Gasteiger partial charge in [0.2, 0.25) is 5.88 Å². The first-order valence-corrected chi connectivity index (χ1v) is 13.1. The fourth-order valence-corrected chi connectivity index (χ4v) is 4.71. The zero-order chi connectivity index (χ0) is 26.5. The summed E-state index contributed by atoms with van der Waals surface area (Å²) in [6, 6.07) is 23.3. The summed E-state index contributed by atoms with van der Waals surface area (Å²) < 4.78 is 27.7. The molecule has 196 valence electrons. The van der Waals surface area contributed by atoms with Gasteiger partial charge >= 0.3 is 0 Å². The van der Waals surface area contributed by atoms with E-state index >= 15 is 0 Å². The first-order chi connectivity index (χ1) is 18.5. The van der Waals surface area contributed by atoms with Gasteiger partial charge in [0, 0.05) is 18.7 Å². The molecule has 0 saturated carbocycles. The third-order valence-electron chi connectivity index (χ3n) is 6.77. The van der Waals surface area contributed by atoms with Crippen LogP contribution in [0.25, 0.3) is 5.69 Å². The second-order valence-corrected chi connectivity index (χ2v) is 9.57. The van der Waals surface area contributed by atoms with Crippen LogP contribution in [-0.4, -0.2) is 39.8 Å². The molecule has 0 radical (unpaired) electrons. The maximum atomic E-state index is 13.8. The maximum Gasteiger partial charge on any atom is 0.254 e. The van der Waals surface area contributed by atoms with Crippen molar-refractivity contribution in [2.45, 2.75) is 45.8 Å².